The summed E-state index contributed by atoms with van der Waals surface area (Å²) in [5.41, 5.74) is 11.0. The Morgan fingerprint density at radius 2 is 2.29 bits per heavy atom. The lowest BCUT2D eigenvalue weighted by atomic mass is 10.2. The average Bonchev–Trinajstić information content (AvgIpc) is 2.81. The topological polar surface area (TPSA) is 144 Å². The lowest BCUT2D eigenvalue weighted by Gasteiger charge is -2.34. The third-order valence-electron chi connectivity index (χ3n) is 3.25. The van der Waals surface area contributed by atoms with Crippen LogP contribution in [0, 0.1) is 0 Å². The summed E-state index contributed by atoms with van der Waals surface area (Å²) in [5.74, 6) is -0.599. The van der Waals surface area contributed by atoms with Crippen molar-refractivity contribution in [2.45, 2.75) is 31.5 Å². The van der Waals surface area contributed by atoms with Gasteiger partial charge in [-0.2, -0.15) is 0 Å². The van der Waals surface area contributed by atoms with Crippen LogP contribution in [0.3, 0.4) is 0 Å². The molecule has 2 aliphatic heterocycles. The number of nitrogens with one attached hydrogen (secondary N) is 3. The van der Waals surface area contributed by atoms with Crippen molar-refractivity contribution in [2.75, 3.05) is 26.6 Å². The van der Waals surface area contributed by atoms with Gasteiger partial charge in [0.2, 0.25) is 5.91 Å². The molecular weight excluding hydrogens is 280 g/mol. The van der Waals surface area contributed by atoms with Gasteiger partial charge in [0.05, 0.1) is 19.4 Å². The second-order valence-corrected chi connectivity index (χ2v) is 5.02. The van der Waals surface area contributed by atoms with Gasteiger partial charge in [0.15, 0.2) is 0 Å². The van der Waals surface area contributed by atoms with Crippen molar-refractivity contribution in [1.82, 2.24) is 20.9 Å². The molecule has 0 aromatic carbocycles. The number of ether oxygens (including phenoxy) is 2. The Balaban J connectivity index is 1.67. The van der Waals surface area contributed by atoms with Gasteiger partial charge >= 0.3 is 5.97 Å². The fourth-order valence-electron chi connectivity index (χ4n) is 2.18. The van der Waals surface area contributed by atoms with Crippen LogP contribution in [0.4, 0.5) is 0 Å². The van der Waals surface area contributed by atoms with E-state index < -0.39 is 18.3 Å². The molecule has 2 fully saturated rings. The van der Waals surface area contributed by atoms with Crippen LogP contribution >= 0.6 is 0 Å². The maximum Gasteiger partial charge on any atom is 0.322 e. The summed E-state index contributed by atoms with van der Waals surface area (Å²) in [7, 11) is 0. The molecule has 2 aliphatic rings. The number of hydrogen-bond acceptors (Lipinski definition) is 9. The van der Waals surface area contributed by atoms with E-state index in [1.807, 2.05) is 4.90 Å². The van der Waals surface area contributed by atoms with Gasteiger partial charge in [-0.15, -0.1) is 0 Å². The zero-order valence-corrected chi connectivity index (χ0v) is 11.9. The SMILES string of the molecule is C[C@H](N)C(=O)OCCOCN1CNC2C(=O)NC(N)NC21. The molecule has 21 heavy (non-hydrogen) atoms. The number of carbonyl (C=O) groups is 2. The van der Waals surface area contributed by atoms with Crippen LogP contribution in [0.5, 0.6) is 0 Å². The van der Waals surface area contributed by atoms with Crippen LogP contribution in [0.1, 0.15) is 6.92 Å². The molecule has 0 aliphatic carbocycles. The fourth-order valence-corrected chi connectivity index (χ4v) is 2.18. The summed E-state index contributed by atoms with van der Waals surface area (Å²) in [5, 5.41) is 8.73. The lowest BCUT2D eigenvalue weighted by molar-refractivity contribution is -0.147. The molecule has 0 radical (unpaired) electrons. The zero-order valence-electron chi connectivity index (χ0n) is 11.9. The fraction of sp³-hybridized carbons (Fsp3) is 0.818. The van der Waals surface area contributed by atoms with Gasteiger partial charge in [-0.25, -0.2) is 0 Å². The summed E-state index contributed by atoms with van der Waals surface area (Å²) in [6.07, 6.45) is -0.798. The molecule has 10 heteroatoms. The van der Waals surface area contributed by atoms with E-state index in [9.17, 15) is 9.59 Å². The number of fused-ring (bicyclic) bond motifs is 1. The summed E-state index contributed by atoms with van der Waals surface area (Å²) < 4.78 is 10.3. The zero-order chi connectivity index (χ0) is 15.4. The van der Waals surface area contributed by atoms with E-state index in [2.05, 4.69) is 16.0 Å². The average molecular weight is 302 g/mol. The van der Waals surface area contributed by atoms with Crippen LogP contribution in [0.25, 0.3) is 0 Å². The number of amides is 1. The minimum atomic E-state index is -0.639. The molecule has 10 nitrogen and oxygen atoms in total. The second kappa shape index (κ2) is 7.11. The molecule has 4 atom stereocenters. The molecule has 2 saturated heterocycles. The van der Waals surface area contributed by atoms with Crippen molar-refractivity contribution < 1.29 is 19.1 Å². The molecule has 0 bridgehead atoms. The molecule has 0 aromatic rings. The highest BCUT2D eigenvalue weighted by molar-refractivity contribution is 5.83. The van der Waals surface area contributed by atoms with Gasteiger partial charge in [0, 0.05) is 0 Å². The van der Waals surface area contributed by atoms with Gasteiger partial charge in [0.1, 0.15) is 31.7 Å². The number of hydrogen-bond donors (Lipinski definition) is 5. The third-order valence-corrected chi connectivity index (χ3v) is 3.25. The van der Waals surface area contributed by atoms with Gasteiger partial charge in [0.25, 0.3) is 0 Å². The Bertz CT molecular complexity index is 393. The smallest absolute Gasteiger partial charge is 0.322 e. The van der Waals surface area contributed by atoms with E-state index >= 15 is 0 Å². The third kappa shape index (κ3) is 4.09. The van der Waals surface area contributed by atoms with Crippen molar-refractivity contribution >= 4 is 11.9 Å². The highest BCUT2D eigenvalue weighted by Crippen LogP contribution is 2.12. The Labute approximate surface area is 122 Å². The van der Waals surface area contributed by atoms with E-state index in [0.717, 1.165) is 0 Å². The maximum atomic E-state index is 11.7. The molecule has 2 rings (SSSR count). The van der Waals surface area contributed by atoms with E-state index in [4.69, 9.17) is 20.9 Å². The first-order valence-electron chi connectivity index (χ1n) is 6.78. The summed E-state index contributed by atoms with van der Waals surface area (Å²) in [6.45, 7) is 2.75. The Morgan fingerprint density at radius 3 is 3.00 bits per heavy atom. The summed E-state index contributed by atoms with van der Waals surface area (Å²) in [6, 6.07) is -0.996. The quantitative estimate of drug-likeness (QED) is 0.248. The Kier molecular flexibility index (Phi) is 5.45. The monoisotopic (exact) mass is 302 g/mol. The lowest BCUT2D eigenvalue weighted by Crippen LogP contribution is -2.70. The van der Waals surface area contributed by atoms with Crippen molar-refractivity contribution in [3.8, 4) is 0 Å². The number of rotatable bonds is 6. The number of carbonyl (C=O) groups excluding carboxylic acids is 2. The predicted octanol–water partition coefficient (Wildman–Crippen LogP) is -3.63. The minimum absolute atomic E-state index is 0.139. The van der Waals surface area contributed by atoms with Crippen LogP contribution in [-0.4, -0.2) is 67.9 Å². The first kappa shape index (κ1) is 16.1. The molecule has 3 unspecified atom stereocenters. The van der Waals surface area contributed by atoms with Crippen LogP contribution in [0.2, 0.25) is 0 Å². The van der Waals surface area contributed by atoms with Crippen molar-refractivity contribution in [1.29, 1.82) is 0 Å². The normalized spacial score (nSPS) is 30.6. The molecule has 0 spiro atoms. The number of esters is 1. The predicted molar refractivity (Wildman–Crippen MR) is 72.1 cm³/mol. The largest absolute Gasteiger partial charge is 0.462 e. The molecule has 0 aromatic heterocycles. The van der Waals surface area contributed by atoms with Crippen LogP contribution < -0.4 is 27.4 Å². The first-order chi connectivity index (χ1) is 9.99. The Hall–Kier alpha value is -1.30. The molecule has 7 N–H and O–H groups in total. The second-order valence-electron chi connectivity index (χ2n) is 5.02. The summed E-state index contributed by atoms with van der Waals surface area (Å²) >= 11 is 0. The highest BCUT2D eigenvalue weighted by Gasteiger charge is 2.42. The van der Waals surface area contributed by atoms with Crippen LogP contribution in [-0.2, 0) is 19.1 Å². The number of nitrogens with two attached hydrogens (primary N) is 2. The standard InChI is InChI=1S/C11H22N6O4/c1-6(12)10(19)21-3-2-20-5-17-4-14-7-8(17)15-11(13)16-9(7)18/h6-8,11,14-15H,2-5,12-13H2,1H3,(H,16,18)/t6-,7?,8?,11?/m0/s1. The Morgan fingerprint density at radius 1 is 1.52 bits per heavy atom. The number of nitrogens with zero attached hydrogens (tertiary/aromatic N) is 1. The van der Waals surface area contributed by atoms with Crippen molar-refractivity contribution in [2.24, 2.45) is 11.5 Å². The van der Waals surface area contributed by atoms with Crippen LogP contribution in [0.15, 0.2) is 0 Å². The molecule has 0 saturated carbocycles. The van der Waals surface area contributed by atoms with Gasteiger partial charge in [-0.05, 0) is 6.92 Å². The van der Waals surface area contributed by atoms with E-state index in [-0.39, 0.29) is 38.1 Å². The first-order valence-corrected chi connectivity index (χ1v) is 6.78. The maximum absolute atomic E-state index is 11.7. The van der Waals surface area contributed by atoms with Gasteiger partial charge in [-0.3, -0.25) is 30.9 Å². The van der Waals surface area contributed by atoms with E-state index in [1.165, 1.54) is 0 Å². The minimum Gasteiger partial charge on any atom is -0.462 e. The molecule has 2 heterocycles. The molecule has 120 valence electrons. The molecule has 1 amide bonds. The molecular formula is C11H22N6O4. The summed E-state index contributed by atoms with van der Waals surface area (Å²) in [4.78, 5) is 24.7. The van der Waals surface area contributed by atoms with Gasteiger partial charge in [-0.1, -0.05) is 0 Å². The van der Waals surface area contributed by atoms with E-state index in [1.54, 1.807) is 6.92 Å². The highest BCUT2D eigenvalue weighted by atomic mass is 16.6. The van der Waals surface area contributed by atoms with E-state index in [0.29, 0.717) is 6.67 Å². The van der Waals surface area contributed by atoms with Crippen molar-refractivity contribution in [3.63, 3.8) is 0 Å². The van der Waals surface area contributed by atoms with Gasteiger partial charge < -0.3 is 20.5 Å². The van der Waals surface area contributed by atoms with Crippen molar-refractivity contribution in [3.05, 3.63) is 0 Å².